The largest absolute Gasteiger partial charge is 0.483 e. The zero-order valence-electron chi connectivity index (χ0n) is 14.3. The molecule has 6 nitrogen and oxygen atoms in total. The number of carbonyl (C=O) groups is 2. The summed E-state index contributed by atoms with van der Waals surface area (Å²) in [5.41, 5.74) is 3.22. The Morgan fingerprint density at radius 1 is 1.11 bits per heavy atom. The molecule has 2 amide bonds. The van der Waals surface area contributed by atoms with E-state index in [0.717, 1.165) is 4.47 Å². The molecule has 0 heterocycles. The molecule has 2 rings (SSSR count). The van der Waals surface area contributed by atoms with Gasteiger partial charge >= 0.3 is 0 Å². The van der Waals surface area contributed by atoms with Gasteiger partial charge in [0.15, 0.2) is 6.61 Å². The highest BCUT2D eigenvalue weighted by Gasteiger charge is 2.08. The fourth-order valence-electron chi connectivity index (χ4n) is 1.94. The number of amides is 2. The van der Waals surface area contributed by atoms with Gasteiger partial charge in [0.1, 0.15) is 11.6 Å². The molecule has 0 radical (unpaired) electrons. The molecule has 0 unspecified atom stereocenters. The van der Waals surface area contributed by atoms with Crippen LogP contribution < -0.4 is 15.5 Å². The van der Waals surface area contributed by atoms with E-state index in [9.17, 15) is 14.0 Å². The second-order valence-electron chi connectivity index (χ2n) is 5.48. The highest BCUT2D eigenvalue weighted by atomic mass is 79.9. The second-order valence-corrected chi connectivity index (χ2v) is 7.25. The molecule has 0 saturated heterocycles. The van der Waals surface area contributed by atoms with Gasteiger partial charge in [0.25, 0.3) is 5.91 Å². The number of hydrazone groups is 1. The number of halogens is 3. The maximum Gasteiger partial charge on any atom is 0.277 e. The Morgan fingerprint density at radius 2 is 1.81 bits per heavy atom. The van der Waals surface area contributed by atoms with E-state index >= 15 is 0 Å². The number of nitrogens with zero attached hydrogens (tertiary/aromatic N) is 1. The van der Waals surface area contributed by atoms with Gasteiger partial charge in [-0.25, -0.2) is 9.82 Å². The molecule has 0 aromatic heterocycles. The molecule has 0 saturated carbocycles. The average Bonchev–Trinajstić information content (AvgIpc) is 2.61. The van der Waals surface area contributed by atoms with Crippen molar-refractivity contribution >= 4 is 55.1 Å². The Morgan fingerprint density at radius 3 is 2.48 bits per heavy atom. The Bertz CT molecular complexity index is 857. The van der Waals surface area contributed by atoms with Crippen molar-refractivity contribution in [2.24, 2.45) is 5.10 Å². The number of benzene rings is 2. The van der Waals surface area contributed by atoms with Crippen LogP contribution >= 0.6 is 31.9 Å². The van der Waals surface area contributed by atoms with Crippen LogP contribution in [-0.2, 0) is 9.59 Å². The predicted octanol–water partition coefficient (Wildman–Crippen LogP) is 4.25. The molecule has 0 aliphatic carbocycles. The standard InChI is InChI=1S/C18H16Br2FN3O3/c1-11(8-17(25)22-14-5-3-13(21)4-6-14)23-24-18(26)10-27-16-7-2-12(19)9-15(16)20/h2-7,9H,8,10H2,1H3,(H,22,25)(H,24,26). The average molecular weight is 501 g/mol. The Hall–Kier alpha value is -2.26. The summed E-state index contributed by atoms with van der Waals surface area (Å²) in [6, 6.07) is 10.7. The summed E-state index contributed by atoms with van der Waals surface area (Å²) >= 11 is 6.67. The first-order valence-electron chi connectivity index (χ1n) is 7.79. The Balaban J connectivity index is 1.77. The molecule has 27 heavy (non-hydrogen) atoms. The first kappa shape index (κ1) is 21.0. The molecule has 0 spiro atoms. The van der Waals surface area contributed by atoms with Gasteiger partial charge < -0.3 is 10.1 Å². The summed E-state index contributed by atoms with van der Waals surface area (Å²) in [5, 5.41) is 6.48. The molecule has 0 fully saturated rings. The van der Waals surface area contributed by atoms with Crippen molar-refractivity contribution < 1.29 is 18.7 Å². The third-order valence-electron chi connectivity index (χ3n) is 3.17. The highest BCUT2D eigenvalue weighted by Crippen LogP contribution is 2.28. The molecule has 2 aromatic rings. The fourth-order valence-corrected chi connectivity index (χ4v) is 3.10. The minimum absolute atomic E-state index is 0.0171. The monoisotopic (exact) mass is 499 g/mol. The van der Waals surface area contributed by atoms with Crippen LogP contribution in [0.25, 0.3) is 0 Å². The van der Waals surface area contributed by atoms with Crippen LogP contribution in [0.5, 0.6) is 5.75 Å². The fraction of sp³-hybridized carbons (Fsp3) is 0.167. The highest BCUT2D eigenvalue weighted by molar-refractivity contribution is 9.11. The van der Waals surface area contributed by atoms with Gasteiger partial charge in [-0.05, 0) is 65.3 Å². The van der Waals surface area contributed by atoms with Gasteiger partial charge in [-0.1, -0.05) is 15.9 Å². The number of anilines is 1. The van der Waals surface area contributed by atoms with E-state index in [1.807, 2.05) is 0 Å². The van der Waals surface area contributed by atoms with Gasteiger partial charge in [-0.3, -0.25) is 9.59 Å². The quantitative estimate of drug-likeness (QED) is 0.440. The van der Waals surface area contributed by atoms with Crippen molar-refractivity contribution in [2.45, 2.75) is 13.3 Å². The van der Waals surface area contributed by atoms with Gasteiger partial charge in [0.2, 0.25) is 5.91 Å². The molecule has 142 valence electrons. The summed E-state index contributed by atoms with van der Waals surface area (Å²) in [7, 11) is 0. The third-order valence-corrected chi connectivity index (χ3v) is 4.28. The van der Waals surface area contributed by atoms with Gasteiger partial charge in [0, 0.05) is 15.9 Å². The van der Waals surface area contributed by atoms with E-state index in [1.165, 1.54) is 24.3 Å². The molecular formula is C18H16Br2FN3O3. The molecule has 0 bridgehead atoms. The molecule has 2 N–H and O–H groups in total. The minimum Gasteiger partial charge on any atom is -0.483 e. The lowest BCUT2D eigenvalue weighted by Gasteiger charge is -2.08. The van der Waals surface area contributed by atoms with E-state index in [2.05, 4.69) is 47.7 Å². The van der Waals surface area contributed by atoms with Crippen molar-refractivity contribution in [1.82, 2.24) is 5.43 Å². The van der Waals surface area contributed by atoms with Crippen LogP contribution in [0.2, 0.25) is 0 Å². The van der Waals surface area contributed by atoms with Crippen molar-refractivity contribution in [2.75, 3.05) is 11.9 Å². The second kappa shape index (κ2) is 10.2. The van der Waals surface area contributed by atoms with Crippen LogP contribution in [0.15, 0.2) is 56.5 Å². The minimum atomic E-state index is -0.455. The molecule has 0 aliphatic rings. The summed E-state index contributed by atoms with van der Waals surface area (Å²) in [5.74, 6) is -0.645. The Labute approximate surface area is 172 Å². The summed E-state index contributed by atoms with van der Waals surface area (Å²) in [6.45, 7) is 1.38. The number of hydrogen-bond acceptors (Lipinski definition) is 4. The number of hydrogen-bond donors (Lipinski definition) is 2. The number of ether oxygens (including phenoxy) is 1. The number of carbonyl (C=O) groups excluding carboxylic acids is 2. The lowest BCUT2D eigenvalue weighted by atomic mass is 10.2. The zero-order valence-corrected chi connectivity index (χ0v) is 17.4. The van der Waals surface area contributed by atoms with Crippen molar-refractivity contribution in [1.29, 1.82) is 0 Å². The van der Waals surface area contributed by atoms with E-state index in [0.29, 0.717) is 21.6 Å². The lowest BCUT2D eigenvalue weighted by molar-refractivity contribution is -0.123. The zero-order chi connectivity index (χ0) is 19.8. The number of rotatable bonds is 7. The van der Waals surface area contributed by atoms with Crippen LogP contribution in [-0.4, -0.2) is 24.1 Å². The van der Waals surface area contributed by atoms with Crippen LogP contribution in [0.1, 0.15) is 13.3 Å². The summed E-state index contributed by atoms with van der Waals surface area (Å²) in [6.07, 6.45) is -0.0171. The van der Waals surface area contributed by atoms with Crippen molar-refractivity contribution in [3.8, 4) is 5.75 Å². The van der Waals surface area contributed by atoms with Crippen molar-refractivity contribution in [3.63, 3.8) is 0 Å². The molecular weight excluding hydrogens is 485 g/mol. The topological polar surface area (TPSA) is 79.8 Å². The SMILES string of the molecule is CC(CC(=O)Nc1ccc(F)cc1)=NNC(=O)COc1ccc(Br)cc1Br. The first-order chi connectivity index (χ1) is 12.8. The van der Waals surface area contributed by atoms with E-state index < -0.39 is 5.91 Å². The van der Waals surface area contributed by atoms with Crippen LogP contribution in [0, 0.1) is 5.82 Å². The molecule has 9 heteroatoms. The van der Waals surface area contributed by atoms with Gasteiger partial charge in [0.05, 0.1) is 10.9 Å². The van der Waals surface area contributed by atoms with Crippen LogP contribution in [0.4, 0.5) is 10.1 Å². The summed E-state index contributed by atoms with van der Waals surface area (Å²) in [4.78, 5) is 23.7. The van der Waals surface area contributed by atoms with E-state index in [1.54, 1.807) is 25.1 Å². The summed E-state index contributed by atoms with van der Waals surface area (Å²) < 4.78 is 19.8. The maximum absolute atomic E-state index is 12.8. The van der Waals surface area contributed by atoms with E-state index in [-0.39, 0.29) is 24.8 Å². The van der Waals surface area contributed by atoms with Crippen LogP contribution in [0.3, 0.4) is 0 Å². The normalized spacial score (nSPS) is 11.0. The predicted molar refractivity (Wildman–Crippen MR) is 108 cm³/mol. The first-order valence-corrected chi connectivity index (χ1v) is 9.37. The molecule has 0 aliphatic heterocycles. The van der Waals surface area contributed by atoms with Gasteiger partial charge in [-0.15, -0.1) is 0 Å². The van der Waals surface area contributed by atoms with Crippen molar-refractivity contribution in [3.05, 3.63) is 57.2 Å². The smallest absolute Gasteiger partial charge is 0.277 e. The number of nitrogens with one attached hydrogen (secondary N) is 2. The molecule has 0 atom stereocenters. The van der Waals surface area contributed by atoms with Gasteiger partial charge in [-0.2, -0.15) is 5.10 Å². The lowest BCUT2D eigenvalue weighted by Crippen LogP contribution is -2.26. The molecule has 2 aromatic carbocycles. The third kappa shape index (κ3) is 7.48. The Kier molecular flexibility index (Phi) is 7.93. The van der Waals surface area contributed by atoms with E-state index in [4.69, 9.17) is 4.74 Å². The maximum atomic E-state index is 12.8.